The van der Waals surface area contributed by atoms with Crippen molar-refractivity contribution >= 4 is 35.0 Å². The Hall–Kier alpha value is -4.04. The van der Waals surface area contributed by atoms with E-state index in [0.29, 0.717) is 41.3 Å². The first-order valence-corrected chi connectivity index (χ1v) is 11.2. The monoisotopic (exact) mass is 476 g/mol. The summed E-state index contributed by atoms with van der Waals surface area (Å²) < 4.78 is 28.3. The molecule has 0 aromatic heterocycles. The van der Waals surface area contributed by atoms with Crippen molar-refractivity contribution in [1.82, 2.24) is 4.90 Å². The number of nitrogens with one attached hydrogen (secondary N) is 2. The molecule has 0 spiro atoms. The maximum Gasteiger partial charge on any atom is 0.248 e. The molecule has 0 aliphatic carbocycles. The Labute approximate surface area is 202 Å². The molecule has 2 unspecified atom stereocenters. The van der Waals surface area contributed by atoms with E-state index in [0.717, 1.165) is 0 Å². The zero-order chi connectivity index (χ0) is 24.9. The van der Waals surface area contributed by atoms with Gasteiger partial charge in [0.05, 0.1) is 17.3 Å². The summed E-state index contributed by atoms with van der Waals surface area (Å²) >= 11 is 0. The quantitative estimate of drug-likeness (QED) is 0.362. The highest BCUT2D eigenvalue weighted by Crippen LogP contribution is 2.34. The van der Waals surface area contributed by atoms with Gasteiger partial charge in [-0.1, -0.05) is 24.3 Å². The van der Waals surface area contributed by atoms with Crippen molar-refractivity contribution in [1.29, 1.82) is 0 Å². The number of hydrogen-bond donors (Lipinski definition) is 3. The fourth-order valence-electron chi connectivity index (χ4n) is 4.25. The maximum absolute atomic E-state index is 15.1. The number of rotatable bonds is 6. The van der Waals surface area contributed by atoms with Gasteiger partial charge in [0.2, 0.25) is 11.8 Å². The summed E-state index contributed by atoms with van der Waals surface area (Å²) in [5.74, 6) is -2.28. The predicted octanol–water partition coefficient (Wildman–Crippen LogP) is 4.48. The smallest absolute Gasteiger partial charge is 0.248 e. The third-order valence-electron chi connectivity index (χ3n) is 6.02. The molecule has 1 saturated heterocycles. The van der Waals surface area contributed by atoms with Gasteiger partial charge in [-0.05, 0) is 66.7 Å². The number of para-hydroxylation sites is 2. The molecular weight excluding hydrogens is 450 g/mol. The molecule has 4 rings (SSSR count). The van der Waals surface area contributed by atoms with Gasteiger partial charge in [0.15, 0.2) is 0 Å². The molecule has 6 nitrogen and oxygen atoms in total. The molecule has 180 valence electrons. The van der Waals surface area contributed by atoms with E-state index in [9.17, 15) is 14.0 Å². The van der Waals surface area contributed by atoms with Crippen LogP contribution < -0.4 is 16.4 Å². The standard InChI is InChI=1S/C27H26F2N4O2/c1-33-15-21(22(16-33)27(35)31-19-10-8-18(28)9-11-19)20-12-6-17(14-23(20)29)7-13-26(34)32-25-5-3-2-4-24(25)30/h2-14,21-22H,15-16,30H2,1H3,(H,31,35)(H,32,34). The van der Waals surface area contributed by atoms with E-state index in [4.69, 9.17) is 5.73 Å². The van der Waals surface area contributed by atoms with Crippen LogP contribution in [0.25, 0.3) is 6.08 Å². The van der Waals surface area contributed by atoms with Crippen molar-refractivity contribution < 1.29 is 18.4 Å². The molecule has 2 amide bonds. The molecule has 0 saturated carbocycles. The zero-order valence-corrected chi connectivity index (χ0v) is 19.2. The molecule has 4 N–H and O–H groups in total. The third kappa shape index (κ3) is 5.91. The lowest BCUT2D eigenvalue weighted by molar-refractivity contribution is -0.119. The summed E-state index contributed by atoms with van der Waals surface area (Å²) in [7, 11) is 1.88. The van der Waals surface area contributed by atoms with Crippen LogP contribution in [-0.2, 0) is 9.59 Å². The van der Waals surface area contributed by atoms with Gasteiger partial charge >= 0.3 is 0 Å². The lowest BCUT2D eigenvalue weighted by atomic mass is 9.87. The number of amides is 2. The minimum absolute atomic E-state index is 0.244. The van der Waals surface area contributed by atoms with Crippen molar-refractivity contribution in [3.8, 4) is 0 Å². The molecule has 35 heavy (non-hydrogen) atoms. The number of likely N-dealkylation sites (tertiary alicyclic amines) is 1. The fourth-order valence-corrected chi connectivity index (χ4v) is 4.25. The van der Waals surface area contributed by atoms with E-state index in [2.05, 4.69) is 10.6 Å². The van der Waals surface area contributed by atoms with Crippen LogP contribution in [0.1, 0.15) is 17.0 Å². The normalized spacial score (nSPS) is 18.0. The van der Waals surface area contributed by atoms with Gasteiger partial charge in [-0.25, -0.2) is 8.78 Å². The lowest BCUT2D eigenvalue weighted by Crippen LogP contribution is -2.28. The first-order valence-electron chi connectivity index (χ1n) is 11.2. The number of nitrogens with two attached hydrogens (primary N) is 1. The second-order valence-corrected chi connectivity index (χ2v) is 8.62. The molecule has 3 aromatic carbocycles. The number of carbonyl (C=O) groups is 2. The summed E-state index contributed by atoms with van der Waals surface area (Å²) in [6, 6.07) is 17.2. The maximum atomic E-state index is 15.1. The van der Waals surface area contributed by atoms with E-state index >= 15 is 4.39 Å². The summed E-state index contributed by atoms with van der Waals surface area (Å²) in [5.41, 5.74) is 8.22. The number of nitrogens with zero attached hydrogens (tertiary/aromatic N) is 1. The molecule has 8 heteroatoms. The highest BCUT2D eigenvalue weighted by molar-refractivity contribution is 6.03. The van der Waals surface area contributed by atoms with Crippen molar-refractivity contribution in [2.24, 2.45) is 5.92 Å². The van der Waals surface area contributed by atoms with Crippen LogP contribution in [-0.4, -0.2) is 36.9 Å². The Bertz CT molecular complexity index is 1260. The summed E-state index contributed by atoms with van der Waals surface area (Å²) in [6.07, 6.45) is 2.82. The van der Waals surface area contributed by atoms with E-state index in [1.165, 1.54) is 42.5 Å². The van der Waals surface area contributed by atoms with Crippen LogP contribution >= 0.6 is 0 Å². The van der Waals surface area contributed by atoms with Gasteiger partial charge in [-0.2, -0.15) is 0 Å². The average Bonchev–Trinajstić information content (AvgIpc) is 3.22. The summed E-state index contributed by atoms with van der Waals surface area (Å²) in [6.45, 7) is 0.996. The zero-order valence-electron chi connectivity index (χ0n) is 19.2. The van der Waals surface area contributed by atoms with Gasteiger partial charge < -0.3 is 21.3 Å². The van der Waals surface area contributed by atoms with Crippen molar-refractivity contribution in [3.05, 3.63) is 95.6 Å². The van der Waals surface area contributed by atoms with Gasteiger partial charge in [0.1, 0.15) is 11.6 Å². The summed E-state index contributed by atoms with van der Waals surface area (Å²) in [5, 5.41) is 5.48. The Kier molecular flexibility index (Phi) is 7.22. The second-order valence-electron chi connectivity index (χ2n) is 8.62. The molecule has 2 atom stereocenters. The molecule has 1 heterocycles. The third-order valence-corrected chi connectivity index (χ3v) is 6.02. The predicted molar refractivity (Wildman–Crippen MR) is 134 cm³/mol. The highest BCUT2D eigenvalue weighted by atomic mass is 19.1. The van der Waals surface area contributed by atoms with E-state index in [-0.39, 0.29) is 23.5 Å². The van der Waals surface area contributed by atoms with Crippen LogP contribution in [0, 0.1) is 17.6 Å². The number of carbonyl (C=O) groups excluding carboxylic acids is 2. The highest BCUT2D eigenvalue weighted by Gasteiger charge is 2.38. The second kappa shape index (κ2) is 10.5. The number of hydrogen-bond acceptors (Lipinski definition) is 4. The Morgan fingerprint density at radius 1 is 1.00 bits per heavy atom. The number of nitrogen functional groups attached to an aromatic ring is 1. The molecule has 1 aliphatic heterocycles. The Balaban J connectivity index is 1.45. The minimum Gasteiger partial charge on any atom is -0.397 e. The SMILES string of the molecule is CN1CC(C(=O)Nc2ccc(F)cc2)C(c2ccc(C=CC(=O)Nc3ccccc3N)cc2F)C1. The molecule has 0 radical (unpaired) electrons. The molecular formula is C27H26F2N4O2. The Morgan fingerprint density at radius 2 is 1.74 bits per heavy atom. The van der Waals surface area contributed by atoms with Crippen molar-refractivity contribution in [2.45, 2.75) is 5.92 Å². The Morgan fingerprint density at radius 3 is 2.46 bits per heavy atom. The first-order chi connectivity index (χ1) is 16.8. The molecule has 1 fully saturated rings. The van der Waals surface area contributed by atoms with Crippen LogP contribution in [0.15, 0.2) is 72.8 Å². The van der Waals surface area contributed by atoms with Gasteiger partial charge in [0.25, 0.3) is 0 Å². The number of likely N-dealkylation sites (N-methyl/N-ethyl adjacent to an activating group) is 1. The first kappa shape index (κ1) is 24.1. The number of benzene rings is 3. The van der Waals surface area contributed by atoms with Crippen LogP contribution in [0.2, 0.25) is 0 Å². The van der Waals surface area contributed by atoms with Gasteiger partial charge in [0, 0.05) is 30.8 Å². The van der Waals surface area contributed by atoms with Crippen molar-refractivity contribution in [2.75, 3.05) is 36.5 Å². The summed E-state index contributed by atoms with van der Waals surface area (Å²) in [4.78, 5) is 27.1. The van der Waals surface area contributed by atoms with Crippen LogP contribution in [0.3, 0.4) is 0 Å². The van der Waals surface area contributed by atoms with E-state index in [1.54, 1.807) is 36.4 Å². The molecule has 3 aromatic rings. The lowest BCUT2D eigenvalue weighted by Gasteiger charge is -2.19. The van der Waals surface area contributed by atoms with Crippen molar-refractivity contribution in [3.63, 3.8) is 0 Å². The van der Waals surface area contributed by atoms with Gasteiger partial charge in [-0.3, -0.25) is 9.59 Å². The number of anilines is 3. The van der Waals surface area contributed by atoms with Crippen LogP contribution in [0.5, 0.6) is 0 Å². The number of halogens is 2. The van der Waals surface area contributed by atoms with Gasteiger partial charge in [-0.15, -0.1) is 0 Å². The van der Waals surface area contributed by atoms with E-state index < -0.39 is 11.7 Å². The minimum atomic E-state index is -0.469. The largest absolute Gasteiger partial charge is 0.397 e. The average molecular weight is 477 g/mol. The molecule has 0 bridgehead atoms. The fraction of sp³-hybridized carbons (Fsp3) is 0.185. The molecule has 1 aliphatic rings. The van der Waals surface area contributed by atoms with Crippen LogP contribution in [0.4, 0.5) is 25.8 Å². The topological polar surface area (TPSA) is 87.5 Å². The van der Waals surface area contributed by atoms with E-state index in [1.807, 2.05) is 11.9 Å².